The summed E-state index contributed by atoms with van der Waals surface area (Å²) in [6.07, 6.45) is 8.36. The van der Waals surface area contributed by atoms with Gasteiger partial charge in [0.1, 0.15) is 11.3 Å². The van der Waals surface area contributed by atoms with Crippen LogP contribution in [0.5, 0.6) is 0 Å². The number of rotatable bonds is 4. The fraction of sp³-hybridized carbons (Fsp3) is 0.474. The van der Waals surface area contributed by atoms with Crippen molar-refractivity contribution in [2.75, 3.05) is 42.2 Å². The van der Waals surface area contributed by atoms with Crippen molar-refractivity contribution in [2.45, 2.75) is 30.8 Å². The molecule has 2 fully saturated rings. The molecule has 0 N–H and O–H groups in total. The van der Waals surface area contributed by atoms with Crippen LogP contribution in [0.3, 0.4) is 0 Å². The standard InChI is InChI=1S/C19H23N7S/c1-13-11-17(22-19(21-13)27-2)24-7-9-25(10-8-24)18-16-12-15(14-3-4-14)23-26(16)6-5-20-18/h5-6,11-12,14H,3-4,7-10H2,1-2H3. The third-order valence-corrected chi connectivity index (χ3v) is 5.84. The van der Waals surface area contributed by atoms with E-state index in [4.69, 9.17) is 5.10 Å². The topological polar surface area (TPSA) is 62.5 Å². The van der Waals surface area contributed by atoms with Crippen LogP contribution in [0.15, 0.2) is 29.7 Å². The van der Waals surface area contributed by atoms with E-state index in [1.807, 2.05) is 30.1 Å². The van der Waals surface area contributed by atoms with Crippen LogP contribution in [0, 0.1) is 6.92 Å². The Morgan fingerprint density at radius 1 is 1.04 bits per heavy atom. The van der Waals surface area contributed by atoms with Crippen LogP contribution in [0.2, 0.25) is 0 Å². The Kier molecular flexibility index (Phi) is 4.15. The molecule has 1 saturated carbocycles. The van der Waals surface area contributed by atoms with E-state index in [1.165, 1.54) is 18.5 Å². The van der Waals surface area contributed by atoms with Gasteiger partial charge in [-0.2, -0.15) is 5.10 Å². The molecule has 0 spiro atoms. The molecule has 3 aromatic heterocycles. The van der Waals surface area contributed by atoms with Crippen LogP contribution < -0.4 is 9.80 Å². The van der Waals surface area contributed by atoms with Gasteiger partial charge in [0.05, 0.1) is 5.69 Å². The molecular weight excluding hydrogens is 358 g/mol. The smallest absolute Gasteiger partial charge is 0.189 e. The van der Waals surface area contributed by atoms with Gasteiger partial charge in [-0.05, 0) is 32.1 Å². The minimum absolute atomic E-state index is 0.654. The second-order valence-electron chi connectivity index (χ2n) is 7.25. The number of hydrogen-bond donors (Lipinski definition) is 0. The number of thioether (sulfide) groups is 1. The molecule has 4 heterocycles. The second kappa shape index (κ2) is 6.67. The number of fused-ring (bicyclic) bond motifs is 1. The van der Waals surface area contributed by atoms with E-state index in [0.717, 1.165) is 54.2 Å². The molecule has 1 aliphatic heterocycles. The summed E-state index contributed by atoms with van der Waals surface area (Å²) in [5.41, 5.74) is 3.35. The molecule has 0 amide bonds. The summed E-state index contributed by atoms with van der Waals surface area (Å²) in [6.45, 7) is 5.73. The maximum atomic E-state index is 4.74. The van der Waals surface area contributed by atoms with Crippen LogP contribution in [0.1, 0.15) is 30.1 Å². The summed E-state index contributed by atoms with van der Waals surface area (Å²) in [7, 11) is 0. The minimum Gasteiger partial charge on any atom is -0.353 e. The minimum atomic E-state index is 0.654. The third-order valence-electron chi connectivity index (χ3n) is 5.29. The van der Waals surface area contributed by atoms with Crippen molar-refractivity contribution in [3.8, 4) is 0 Å². The molecule has 27 heavy (non-hydrogen) atoms. The molecule has 2 aliphatic rings. The van der Waals surface area contributed by atoms with Gasteiger partial charge in [0.15, 0.2) is 11.0 Å². The maximum absolute atomic E-state index is 4.74. The van der Waals surface area contributed by atoms with E-state index in [9.17, 15) is 0 Å². The van der Waals surface area contributed by atoms with Crippen LogP contribution in [0.4, 0.5) is 11.6 Å². The van der Waals surface area contributed by atoms with Crippen molar-refractivity contribution >= 4 is 28.9 Å². The van der Waals surface area contributed by atoms with Crippen LogP contribution in [0.25, 0.3) is 5.52 Å². The third kappa shape index (κ3) is 3.22. The van der Waals surface area contributed by atoms with Crippen molar-refractivity contribution < 1.29 is 0 Å². The van der Waals surface area contributed by atoms with Gasteiger partial charge < -0.3 is 9.80 Å². The first-order valence-electron chi connectivity index (χ1n) is 9.45. The quantitative estimate of drug-likeness (QED) is 0.509. The molecule has 0 bridgehead atoms. The Bertz CT molecular complexity index is 973. The van der Waals surface area contributed by atoms with E-state index in [1.54, 1.807) is 11.8 Å². The molecule has 7 nitrogen and oxygen atoms in total. The summed E-state index contributed by atoms with van der Waals surface area (Å²) in [5, 5.41) is 5.58. The number of aryl methyl sites for hydroxylation is 1. The van der Waals surface area contributed by atoms with E-state index in [2.05, 4.69) is 36.9 Å². The first-order chi connectivity index (χ1) is 13.2. The SMILES string of the molecule is CSc1nc(C)cc(N2CCN(c3nccn4nc(C5CC5)cc34)CC2)n1. The molecule has 0 aromatic carbocycles. The average molecular weight is 382 g/mol. The van der Waals surface area contributed by atoms with Crippen molar-refractivity contribution in [3.63, 3.8) is 0 Å². The first-order valence-corrected chi connectivity index (χ1v) is 10.7. The lowest BCUT2D eigenvalue weighted by molar-refractivity contribution is 0.637. The predicted molar refractivity (Wildman–Crippen MR) is 108 cm³/mol. The molecule has 5 rings (SSSR count). The molecule has 3 aromatic rings. The highest BCUT2D eigenvalue weighted by Gasteiger charge is 2.28. The van der Waals surface area contributed by atoms with Crippen LogP contribution >= 0.6 is 11.8 Å². The number of anilines is 2. The molecule has 140 valence electrons. The molecule has 1 saturated heterocycles. The van der Waals surface area contributed by atoms with Crippen LogP contribution in [-0.4, -0.2) is 57.0 Å². The summed E-state index contributed by atoms with van der Waals surface area (Å²) in [6, 6.07) is 4.30. The largest absolute Gasteiger partial charge is 0.353 e. The monoisotopic (exact) mass is 381 g/mol. The molecule has 0 unspecified atom stereocenters. The van der Waals surface area contributed by atoms with Gasteiger partial charge in [0.25, 0.3) is 0 Å². The van der Waals surface area contributed by atoms with Crippen molar-refractivity contribution in [1.29, 1.82) is 0 Å². The first kappa shape index (κ1) is 16.8. The lowest BCUT2D eigenvalue weighted by Crippen LogP contribution is -2.47. The molecule has 0 atom stereocenters. The molecule has 0 radical (unpaired) electrons. The normalized spacial score (nSPS) is 17.7. The van der Waals surface area contributed by atoms with Crippen molar-refractivity contribution in [2.24, 2.45) is 0 Å². The fourth-order valence-corrected chi connectivity index (χ4v) is 4.10. The van der Waals surface area contributed by atoms with Crippen molar-refractivity contribution in [1.82, 2.24) is 24.6 Å². The van der Waals surface area contributed by atoms with E-state index < -0.39 is 0 Å². The zero-order chi connectivity index (χ0) is 18.4. The summed E-state index contributed by atoms with van der Waals surface area (Å²) in [4.78, 5) is 18.5. The highest BCUT2D eigenvalue weighted by Crippen LogP contribution is 2.40. The van der Waals surface area contributed by atoms with Crippen LogP contribution in [-0.2, 0) is 0 Å². The van der Waals surface area contributed by atoms with Gasteiger partial charge in [0, 0.05) is 56.3 Å². The maximum Gasteiger partial charge on any atom is 0.189 e. The Balaban J connectivity index is 1.36. The fourth-order valence-electron chi connectivity index (χ4n) is 3.68. The Morgan fingerprint density at radius 3 is 2.56 bits per heavy atom. The lowest BCUT2D eigenvalue weighted by atomic mass is 10.2. The lowest BCUT2D eigenvalue weighted by Gasteiger charge is -2.36. The van der Waals surface area contributed by atoms with Gasteiger partial charge in [-0.15, -0.1) is 0 Å². The average Bonchev–Trinajstić information content (AvgIpc) is 3.46. The summed E-state index contributed by atoms with van der Waals surface area (Å²) >= 11 is 1.59. The number of nitrogens with zero attached hydrogens (tertiary/aromatic N) is 7. The Labute approximate surface area is 162 Å². The van der Waals surface area contributed by atoms with E-state index in [-0.39, 0.29) is 0 Å². The van der Waals surface area contributed by atoms with E-state index in [0.29, 0.717) is 5.92 Å². The van der Waals surface area contributed by atoms with E-state index >= 15 is 0 Å². The van der Waals surface area contributed by atoms with Crippen molar-refractivity contribution in [3.05, 3.63) is 35.9 Å². The zero-order valence-corrected chi connectivity index (χ0v) is 16.5. The van der Waals surface area contributed by atoms with Gasteiger partial charge in [-0.25, -0.2) is 19.5 Å². The van der Waals surface area contributed by atoms with Gasteiger partial charge in [-0.1, -0.05) is 11.8 Å². The summed E-state index contributed by atoms with van der Waals surface area (Å²) < 4.78 is 1.99. The predicted octanol–water partition coefficient (Wildman–Crippen LogP) is 2.75. The van der Waals surface area contributed by atoms with Gasteiger partial charge in [0.2, 0.25) is 0 Å². The summed E-state index contributed by atoms with van der Waals surface area (Å²) in [5.74, 6) is 2.72. The number of hydrogen-bond acceptors (Lipinski definition) is 7. The highest BCUT2D eigenvalue weighted by molar-refractivity contribution is 7.98. The Hall–Kier alpha value is -2.35. The number of aromatic nitrogens is 5. The second-order valence-corrected chi connectivity index (χ2v) is 8.03. The molecule has 1 aliphatic carbocycles. The van der Waals surface area contributed by atoms with Gasteiger partial charge >= 0.3 is 0 Å². The zero-order valence-electron chi connectivity index (χ0n) is 15.7. The Morgan fingerprint density at radius 2 is 1.81 bits per heavy atom. The molecular formula is C19H23N7S. The molecule has 8 heteroatoms. The number of piperazine rings is 1. The highest BCUT2D eigenvalue weighted by atomic mass is 32.2. The van der Waals surface area contributed by atoms with Gasteiger partial charge in [-0.3, -0.25) is 0 Å².